The highest BCUT2D eigenvalue weighted by Crippen LogP contribution is 2.38. The van der Waals surface area contributed by atoms with E-state index in [0.717, 1.165) is 28.1 Å². The molecule has 0 saturated carbocycles. The number of nitrogens with zero attached hydrogens (tertiary/aromatic N) is 2. The Balaban J connectivity index is 1.48. The van der Waals surface area contributed by atoms with E-state index in [9.17, 15) is 9.59 Å². The van der Waals surface area contributed by atoms with Gasteiger partial charge in [0.05, 0.1) is 26.5 Å². The van der Waals surface area contributed by atoms with E-state index in [1.54, 1.807) is 24.5 Å². The molecule has 0 aliphatic carbocycles. The summed E-state index contributed by atoms with van der Waals surface area (Å²) in [6.07, 6.45) is 4.47. The summed E-state index contributed by atoms with van der Waals surface area (Å²) in [6, 6.07) is 15.0. The van der Waals surface area contributed by atoms with Crippen LogP contribution in [0.25, 0.3) is 0 Å². The summed E-state index contributed by atoms with van der Waals surface area (Å²) in [6.45, 7) is 5.49. The Morgan fingerprint density at radius 2 is 1.92 bits per heavy atom. The number of H-pyrrole nitrogens is 1. The maximum Gasteiger partial charge on any atom is 0.245 e. The van der Waals surface area contributed by atoms with Gasteiger partial charge in [-0.1, -0.05) is 36.4 Å². The van der Waals surface area contributed by atoms with Gasteiger partial charge in [0.1, 0.15) is 17.4 Å². The van der Waals surface area contributed by atoms with Crippen LogP contribution in [0.3, 0.4) is 0 Å². The van der Waals surface area contributed by atoms with Gasteiger partial charge in [0.2, 0.25) is 11.8 Å². The molecule has 0 radical (unpaired) electrons. The number of rotatable bonds is 11. The minimum Gasteiger partial charge on any atom is -0.497 e. The molecule has 1 aliphatic heterocycles. The quantitative estimate of drug-likeness (QED) is 0.430. The van der Waals surface area contributed by atoms with Gasteiger partial charge >= 0.3 is 0 Å². The molecule has 2 amide bonds. The molecule has 1 fully saturated rings. The normalized spacial score (nSPS) is 15.1. The largest absolute Gasteiger partial charge is 0.497 e. The van der Waals surface area contributed by atoms with Crippen molar-refractivity contribution in [3.63, 3.8) is 0 Å². The molecule has 190 valence electrons. The SMILES string of the molecule is CCOC1(c2ccccc2C)CN(C(=O)C(Cc2ccc(OC)cc2)NC(=O)CCc2cnc[nH]2)C1. The van der Waals surface area contributed by atoms with Gasteiger partial charge in [-0.15, -0.1) is 0 Å². The number of carbonyl (C=O) groups excluding carboxylic acids is 2. The molecular weight excluding hydrogens is 456 g/mol. The number of nitrogens with one attached hydrogen (secondary N) is 2. The Hall–Kier alpha value is -3.65. The number of aryl methyl sites for hydroxylation is 2. The van der Waals surface area contributed by atoms with Crippen molar-refractivity contribution in [3.05, 3.63) is 83.4 Å². The summed E-state index contributed by atoms with van der Waals surface area (Å²) in [5, 5.41) is 2.98. The molecule has 0 bridgehead atoms. The fourth-order valence-corrected chi connectivity index (χ4v) is 4.78. The number of methoxy groups -OCH3 is 1. The van der Waals surface area contributed by atoms with Crippen LogP contribution < -0.4 is 10.1 Å². The lowest BCUT2D eigenvalue weighted by molar-refractivity contribution is -0.173. The smallest absolute Gasteiger partial charge is 0.245 e. The first-order valence-electron chi connectivity index (χ1n) is 12.3. The van der Waals surface area contributed by atoms with Crippen molar-refractivity contribution in [2.24, 2.45) is 0 Å². The minimum atomic E-state index is -0.677. The zero-order valence-corrected chi connectivity index (χ0v) is 21.1. The van der Waals surface area contributed by atoms with Crippen LogP contribution in [-0.2, 0) is 32.8 Å². The van der Waals surface area contributed by atoms with Gasteiger partial charge in [-0.2, -0.15) is 0 Å². The van der Waals surface area contributed by atoms with E-state index >= 15 is 0 Å². The minimum absolute atomic E-state index is 0.107. The molecule has 3 aromatic rings. The number of ether oxygens (including phenoxy) is 2. The lowest BCUT2D eigenvalue weighted by atomic mass is 9.82. The number of amides is 2. The number of likely N-dealkylation sites (tertiary alicyclic amines) is 1. The van der Waals surface area contributed by atoms with Crippen LogP contribution in [0.15, 0.2) is 61.1 Å². The molecule has 2 N–H and O–H groups in total. The van der Waals surface area contributed by atoms with Crippen LogP contribution in [0.2, 0.25) is 0 Å². The summed E-state index contributed by atoms with van der Waals surface area (Å²) >= 11 is 0. The van der Waals surface area contributed by atoms with Gasteiger partial charge < -0.3 is 24.7 Å². The van der Waals surface area contributed by atoms with Crippen LogP contribution in [-0.4, -0.2) is 59.5 Å². The van der Waals surface area contributed by atoms with Gasteiger partial charge in [0.15, 0.2) is 0 Å². The van der Waals surface area contributed by atoms with Gasteiger partial charge in [0.25, 0.3) is 0 Å². The molecule has 1 aromatic heterocycles. The summed E-state index contributed by atoms with van der Waals surface area (Å²) in [7, 11) is 1.62. The van der Waals surface area contributed by atoms with Gasteiger partial charge in [-0.05, 0) is 49.1 Å². The Bertz CT molecular complexity index is 1150. The van der Waals surface area contributed by atoms with Crippen LogP contribution in [0.1, 0.15) is 35.7 Å². The fraction of sp³-hybridized carbons (Fsp3) is 0.393. The second-order valence-corrected chi connectivity index (χ2v) is 9.19. The predicted molar refractivity (Wildman–Crippen MR) is 137 cm³/mol. The highest BCUT2D eigenvalue weighted by atomic mass is 16.5. The van der Waals surface area contributed by atoms with E-state index in [0.29, 0.717) is 32.5 Å². The molecule has 1 atom stereocenters. The average molecular weight is 491 g/mol. The number of carbonyl (C=O) groups is 2. The number of aromatic amines is 1. The number of hydrogen-bond donors (Lipinski definition) is 2. The molecular formula is C28H34N4O4. The Labute approximate surface area is 212 Å². The second-order valence-electron chi connectivity index (χ2n) is 9.19. The van der Waals surface area contributed by atoms with Crippen molar-refractivity contribution in [1.29, 1.82) is 0 Å². The van der Waals surface area contributed by atoms with Gasteiger partial charge in [-0.3, -0.25) is 9.59 Å². The first-order valence-corrected chi connectivity index (χ1v) is 12.3. The molecule has 8 heteroatoms. The van der Waals surface area contributed by atoms with Gasteiger partial charge in [0, 0.05) is 31.3 Å². The number of benzene rings is 2. The van der Waals surface area contributed by atoms with Crippen molar-refractivity contribution >= 4 is 11.8 Å². The van der Waals surface area contributed by atoms with Crippen LogP contribution >= 0.6 is 0 Å². The Kier molecular flexibility index (Phi) is 8.05. The van der Waals surface area contributed by atoms with E-state index in [4.69, 9.17) is 9.47 Å². The topological polar surface area (TPSA) is 96.6 Å². The third-order valence-corrected chi connectivity index (χ3v) is 6.67. The lowest BCUT2D eigenvalue weighted by Crippen LogP contribution is -2.66. The predicted octanol–water partition coefficient (Wildman–Crippen LogP) is 3.16. The van der Waals surface area contributed by atoms with Crippen LogP contribution in [0.5, 0.6) is 5.75 Å². The van der Waals surface area contributed by atoms with E-state index < -0.39 is 11.6 Å². The molecule has 36 heavy (non-hydrogen) atoms. The monoisotopic (exact) mass is 490 g/mol. The van der Waals surface area contributed by atoms with Crippen molar-refractivity contribution in [1.82, 2.24) is 20.2 Å². The molecule has 1 aliphatic rings. The average Bonchev–Trinajstić information content (AvgIpc) is 3.39. The van der Waals surface area contributed by atoms with E-state index in [1.807, 2.05) is 43.3 Å². The lowest BCUT2D eigenvalue weighted by Gasteiger charge is -2.51. The van der Waals surface area contributed by atoms with Crippen molar-refractivity contribution in [2.75, 3.05) is 26.8 Å². The third kappa shape index (κ3) is 5.76. The van der Waals surface area contributed by atoms with Crippen molar-refractivity contribution in [3.8, 4) is 5.75 Å². The van der Waals surface area contributed by atoms with Gasteiger partial charge in [-0.25, -0.2) is 4.98 Å². The first kappa shape index (κ1) is 25.4. The molecule has 0 spiro atoms. The third-order valence-electron chi connectivity index (χ3n) is 6.67. The summed E-state index contributed by atoms with van der Waals surface area (Å²) in [5.74, 6) is 0.462. The Morgan fingerprint density at radius 1 is 1.17 bits per heavy atom. The summed E-state index contributed by atoms with van der Waals surface area (Å²) in [4.78, 5) is 35.2. The standard InChI is InChI=1S/C28H34N4O4/c1-4-36-28(24-8-6-5-7-20(24)2)17-32(18-28)27(34)25(15-21-9-12-23(35-3)13-10-21)31-26(33)14-11-22-16-29-19-30-22/h5-10,12-13,16,19,25H,4,11,14-15,17-18H2,1-3H3,(H,29,30)(H,31,33). The van der Waals surface area contributed by atoms with Crippen LogP contribution in [0, 0.1) is 6.92 Å². The molecule has 2 aromatic carbocycles. The summed E-state index contributed by atoms with van der Waals surface area (Å²) < 4.78 is 11.4. The second kappa shape index (κ2) is 11.4. The summed E-state index contributed by atoms with van der Waals surface area (Å²) in [5.41, 5.74) is 3.54. The first-order chi connectivity index (χ1) is 17.4. The zero-order chi connectivity index (χ0) is 25.5. The highest BCUT2D eigenvalue weighted by molar-refractivity contribution is 5.88. The maximum absolute atomic E-state index is 13.6. The number of imidazole rings is 1. The van der Waals surface area contributed by atoms with Crippen molar-refractivity contribution < 1.29 is 19.1 Å². The van der Waals surface area contributed by atoms with Crippen LogP contribution in [0.4, 0.5) is 0 Å². The molecule has 8 nitrogen and oxygen atoms in total. The highest BCUT2D eigenvalue weighted by Gasteiger charge is 2.49. The van der Waals surface area contributed by atoms with Crippen molar-refractivity contribution in [2.45, 2.75) is 44.8 Å². The number of hydrogen-bond acceptors (Lipinski definition) is 5. The van der Waals surface area contributed by atoms with E-state index in [1.165, 1.54) is 0 Å². The maximum atomic E-state index is 13.6. The van der Waals surface area contributed by atoms with E-state index in [-0.39, 0.29) is 18.2 Å². The molecule has 4 rings (SSSR count). The molecule has 1 saturated heterocycles. The fourth-order valence-electron chi connectivity index (χ4n) is 4.78. The Morgan fingerprint density at radius 3 is 2.56 bits per heavy atom. The molecule has 1 unspecified atom stereocenters. The zero-order valence-electron chi connectivity index (χ0n) is 21.1. The number of aromatic nitrogens is 2. The molecule has 2 heterocycles. The van der Waals surface area contributed by atoms with E-state index in [2.05, 4.69) is 34.3 Å².